The number of morpholine rings is 1. The number of phosphoric ester groups is 1. The van der Waals surface area contributed by atoms with E-state index in [9.17, 15) is 34.7 Å². The van der Waals surface area contributed by atoms with Gasteiger partial charge in [0.05, 0.1) is 25.6 Å². The second-order valence-corrected chi connectivity index (χ2v) is 12.4. The zero-order valence-electron chi connectivity index (χ0n) is 24.2. The third-order valence-electron chi connectivity index (χ3n) is 7.83. The van der Waals surface area contributed by atoms with E-state index in [-0.39, 0.29) is 35.7 Å². The van der Waals surface area contributed by atoms with Crippen molar-refractivity contribution in [3.05, 3.63) is 42.5 Å². The molecule has 3 aliphatic rings. The number of nitrogen functional groups attached to an aromatic ring is 1. The van der Waals surface area contributed by atoms with E-state index < -0.39 is 81.9 Å². The molecule has 0 saturated carbocycles. The van der Waals surface area contributed by atoms with Gasteiger partial charge in [-0.25, -0.2) is 24.0 Å². The number of anilines is 1. The summed E-state index contributed by atoms with van der Waals surface area (Å²) < 4.78 is 48.6. The molecule has 1 aromatic carbocycles. The van der Waals surface area contributed by atoms with Crippen LogP contribution in [0.3, 0.4) is 0 Å². The summed E-state index contributed by atoms with van der Waals surface area (Å²) in [5.41, 5.74) is 6.98. The number of phosphoric acid groups is 1. The molecule has 46 heavy (non-hydrogen) atoms. The Hall–Kier alpha value is -3.33. The molecule has 0 aliphatic carbocycles. The van der Waals surface area contributed by atoms with Crippen LogP contribution in [-0.4, -0.2) is 119 Å². The molecular weight excluding hydrogens is 635 g/mol. The Morgan fingerprint density at radius 3 is 2.74 bits per heavy atom. The van der Waals surface area contributed by atoms with Gasteiger partial charge < -0.3 is 55.3 Å². The van der Waals surface area contributed by atoms with E-state index in [0.717, 1.165) is 6.92 Å². The minimum Gasteiger partial charge on any atom is -0.508 e. The Morgan fingerprint density at radius 2 is 2.02 bits per heavy atom. The molecule has 20 heteroatoms. The van der Waals surface area contributed by atoms with E-state index in [1.807, 2.05) is 0 Å². The summed E-state index contributed by atoms with van der Waals surface area (Å²) in [4.78, 5) is 34.9. The van der Waals surface area contributed by atoms with E-state index in [1.54, 1.807) is 12.1 Å². The predicted octanol–water partition coefficient (Wildman–Crippen LogP) is -1.56. The number of phenolic OH excluding ortho intramolecular Hbond substituents is 1. The number of aliphatic hydroxyl groups is 3. The number of aromatic hydroxyl groups is 1. The summed E-state index contributed by atoms with van der Waals surface area (Å²) in [6.45, 7) is -0.141. The van der Waals surface area contributed by atoms with Crippen LogP contribution in [0.5, 0.6) is 5.75 Å². The van der Waals surface area contributed by atoms with Crippen molar-refractivity contribution in [2.45, 2.75) is 68.2 Å². The number of rotatable bonds is 11. The molecule has 3 saturated heterocycles. The number of nitrogens with two attached hydrogens (primary N) is 1. The Bertz CT molecular complexity index is 1610. The number of hydrogen-bond acceptors (Lipinski definition) is 17. The number of imidazole rings is 1. The quantitative estimate of drug-likeness (QED) is 0.0899. The number of benzene rings is 1. The van der Waals surface area contributed by atoms with E-state index in [0.29, 0.717) is 5.56 Å². The largest absolute Gasteiger partial charge is 0.508 e. The van der Waals surface area contributed by atoms with Crippen LogP contribution in [0, 0.1) is 0 Å². The Balaban J connectivity index is 1.21. The maximum absolute atomic E-state index is 13.4. The molecule has 250 valence electrons. The lowest BCUT2D eigenvalue weighted by atomic mass is 10.0. The van der Waals surface area contributed by atoms with Gasteiger partial charge in [0.25, 0.3) is 0 Å². The second-order valence-electron chi connectivity index (χ2n) is 11.0. The highest BCUT2D eigenvalue weighted by Crippen LogP contribution is 2.53. The lowest BCUT2D eigenvalue weighted by Crippen LogP contribution is -2.59. The normalized spacial score (nSPS) is 32.8. The van der Waals surface area contributed by atoms with Gasteiger partial charge in [-0.15, -0.1) is 0 Å². The van der Waals surface area contributed by atoms with Crippen molar-refractivity contribution in [2.75, 3.05) is 25.5 Å². The number of carbonyl (C=O) groups is 1. The SMILES string of the molecule is CC(=O)OC1C(COP(=O)(O)OC23OC(CNC2Cc2ccc(O)cc2)C(C(O)CO)O3)OC(n2cnc3c(N)ncnc32)C1O. The Morgan fingerprint density at radius 1 is 1.26 bits per heavy atom. The van der Waals surface area contributed by atoms with Gasteiger partial charge >= 0.3 is 19.8 Å². The molecule has 6 rings (SSSR count). The van der Waals surface area contributed by atoms with Crippen molar-refractivity contribution in [1.29, 1.82) is 0 Å². The van der Waals surface area contributed by atoms with Crippen LogP contribution < -0.4 is 11.1 Å². The van der Waals surface area contributed by atoms with Gasteiger partial charge in [-0.1, -0.05) is 12.1 Å². The van der Waals surface area contributed by atoms with E-state index in [1.165, 1.54) is 29.4 Å². The standard InChI is InChI=1S/C26H33N6O13P/c1-12(34)41-22-17(42-25(20(22)37)32-11-31-19-23(27)29-10-30-24(19)32)9-40-46(38,39)45-26-18(6-13-2-4-14(35)5-3-13)28-7-16(43-26)21(44-26)15(36)8-33/h2-5,10-11,15-18,20-22,25,28,33,35-37H,6-9H2,1H3,(H,38,39)(H2,27,29,30). The van der Waals surface area contributed by atoms with Crippen molar-refractivity contribution in [2.24, 2.45) is 0 Å². The van der Waals surface area contributed by atoms with Crippen molar-refractivity contribution < 1.29 is 62.7 Å². The molecule has 0 spiro atoms. The van der Waals surface area contributed by atoms with Crippen LogP contribution in [0.2, 0.25) is 0 Å². The lowest BCUT2D eigenvalue weighted by molar-refractivity contribution is -0.332. The Labute approximate surface area is 260 Å². The van der Waals surface area contributed by atoms with Crippen LogP contribution >= 0.6 is 7.82 Å². The van der Waals surface area contributed by atoms with E-state index in [2.05, 4.69) is 20.3 Å². The molecule has 0 amide bonds. The van der Waals surface area contributed by atoms with Crippen molar-refractivity contribution in [3.8, 4) is 5.75 Å². The fourth-order valence-corrected chi connectivity index (χ4v) is 6.63. The van der Waals surface area contributed by atoms with Crippen LogP contribution in [0.25, 0.3) is 11.2 Å². The van der Waals surface area contributed by atoms with E-state index in [4.69, 9.17) is 33.7 Å². The monoisotopic (exact) mass is 668 g/mol. The molecular formula is C26H33N6O13P. The molecule has 2 aromatic heterocycles. The van der Waals surface area contributed by atoms with Gasteiger partial charge in [0, 0.05) is 13.5 Å². The number of nitrogens with zero attached hydrogens (tertiary/aromatic N) is 4. The second kappa shape index (κ2) is 12.7. The molecule has 3 aliphatic heterocycles. The van der Waals surface area contributed by atoms with Gasteiger partial charge in [-0.05, 0) is 24.1 Å². The number of aromatic nitrogens is 4. The lowest BCUT2D eigenvalue weighted by Gasteiger charge is -2.39. The number of ether oxygens (including phenoxy) is 4. The number of fused-ring (bicyclic) bond motifs is 3. The van der Waals surface area contributed by atoms with Crippen LogP contribution in [0.4, 0.5) is 5.82 Å². The topological polar surface area (TPSA) is 272 Å². The summed E-state index contributed by atoms with van der Waals surface area (Å²) >= 11 is 0. The van der Waals surface area contributed by atoms with Gasteiger partial charge in [-0.2, -0.15) is 0 Å². The molecule has 19 nitrogen and oxygen atoms in total. The number of hydrogen-bond donors (Lipinski definition) is 7. The smallest absolute Gasteiger partial charge is 0.476 e. The summed E-state index contributed by atoms with van der Waals surface area (Å²) in [7, 11) is -5.12. The zero-order valence-corrected chi connectivity index (χ0v) is 25.1. The third-order valence-corrected chi connectivity index (χ3v) is 8.79. The van der Waals surface area contributed by atoms with Gasteiger partial charge in [0.15, 0.2) is 23.8 Å². The summed E-state index contributed by atoms with van der Waals surface area (Å²) in [6.07, 6.45) is -6.17. The van der Waals surface area contributed by atoms with E-state index >= 15 is 0 Å². The highest BCUT2D eigenvalue weighted by Gasteiger charge is 2.62. The van der Waals surface area contributed by atoms with Crippen LogP contribution in [0.1, 0.15) is 18.7 Å². The molecule has 10 unspecified atom stereocenters. The molecule has 5 heterocycles. The fourth-order valence-electron chi connectivity index (χ4n) is 5.71. The third kappa shape index (κ3) is 6.32. The molecule has 3 fully saturated rings. The Kier molecular flexibility index (Phi) is 9.00. The summed E-state index contributed by atoms with van der Waals surface area (Å²) in [5.74, 6) is -2.92. The average molecular weight is 669 g/mol. The van der Waals surface area contributed by atoms with Gasteiger partial charge in [0.1, 0.15) is 48.1 Å². The number of phenols is 1. The van der Waals surface area contributed by atoms with Crippen LogP contribution in [0.15, 0.2) is 36.9 Å². The molecule has 3 aromatic rings. The maximum atomic E-state index is 13.4. The van der Waals surface area contributed by atoms with Crippen molar-refractivity contribution in [3.63, 3.8) is 0 Å². The fraction of sp³-hybridized carbons (Fsp3) is 0.538. The maximum Gasteiger partial charge on any atom is 0.476 e. The zero-order chi connectivity index (χ0) is 32.8. The average Bonchev–Trinajstić information content (AvgIpc) is 3.67. The number of nitrogens with one attached hydrogen (secondary N) is 1. The van der Waals surface area contributed by atoms with Gasteiger partial charge in [0.2, 0.25) is 0 Å². The molecule has 8 N–H and O–H groups in total. The summed E-state index contributed by atoms with van der Waals surface area (Å²) in [5, 5.41) is 43.8. The van der Waals surface area contributed by atoms with Gasteiger partial charge in [-0.3, -0.25) is 13.9 Å². The van der Waals surface area contributed by atoms with Crippen molar-refractivity contribution >= 4 is 30.8 Å². The molecule has 2 bridgehead atoms. The first-order valence-electron chi connectivity index (χ1n) is 14.2. The molecule has 10 atom stereocenters. The number of carbonyl (C=O) groups excluding carboxylic acids is 1. The first-order valence-corrected chi connectivity index (χ1v) is 15.7. The minimum atomic E-state index is -5.12. The number of aliphatic hydroxyl groups excluding tert-OH is 3. The first-order chi connectivity index (χ1) is 21.9. The highest BCUT2D eigenvalue weighted by molar-refractivity contribution is 7.47. The predicted molar refractivity (Wildman–Crippen MR) is 151 cm³/mol. The summed E-state index contributed by atoms with van der Waals surface area (Å²) in [6, 6.07) is 5.24. The molecule has 0 radical (unpaired) electrons. The minimum absolute atomic E-state index is 0.0336. The highest BCUT2D eigenvalue weighted by atomic mass is 31.2. The van der Waals surface area contributed by atoms with Crippen LogP contribution in [-0.2, 0) is 43.8 Å². The first kappa shape index (κ1) is 32.6. The number of esters is 1. The van der Waals surface area contributed by atoms with Crippen molar-refractivity contribution in [1.82, 2.24) is 24.8 Å².